The molecule has 4 aromatic rings. The Balaban J connectivity index is 1.46. The molecule has 0 saturated heterocycles. The molecule has 0 amide bonds. The number of aromatic hydroxyl groups is 7. The number of phenols is 7. The van der Waals surface area contributed by atoms with Gasteiger partial charge < -0.3 is 55.1 Å². The zero-order chi connectivity index (χ0) is 28.8. The van der Waals surface area contributed by atoms with E-state index in [-0.39, 0.29) is 57.1 Å². The van der Waals surface area contributed by atoms with Crippen LogP contribution in [0.4, 0.5) is 0 Å². The lowest BCUT2D eigenvalue weighted by Crippen LogP contribution is -2.57. The maximum atomic E-state index is 11.9. The Morgan fingerprint density at radius 2 is 1.34 bits per heavy atom. The Hall–Kier alpha value is -5.16. The van der Waals surface area contributed by atoms with Crippen molar-refractivity contribution in [1.29, 1.82) is 0 Å². The number of hydrogen-bond donors (Lipinski definition) is 8. The number of hydrogen-bond acceptors (Lipinski definition) is 11. The number of fused-ring (bicyclic) bond motifs is 8. The Morgan fingerprint density at radius 1 is 0.659 bits per heavy atom. The van der Waals surface area contributed by atoms with Crippen LogP contribution in [0.1, 0.15) is 46.3 Å². The van der Waals surface area contributed by atoms with Gasteiger partial charge in [0, 0.05) is 40.5 Å². The summed E-state index contributed by atoms with van der Waals surface area (Å²) in [5.41, 5.74) is 1.57. The van der Waals surface area contributed by atoms with Gasteiger partial charge in [-0.3, -0.25) is 0 Å². The first-order chi connectivity index (χ1) is 19.6. The molecule has 1 unspecified atom stereocenters. The summed E-state index contributed by atoms with van der Waals surface area (Å²) in [7, 11) is 0. The maximum absolute atomic E-state index is 11.9. The summed E-state index contributed by atoms with van der Waals surface area (Å²) in [5.74, 6) is -5.17. The Bertz CT molecular complexity index is 1750. The molecule has 0 spiro atoms. The average molecular weight is 561 g/mol. The van der Waals surface area contributed by atoms with Crippen molar-refractivity contribution >= 4 is 0 Å². The second-order valence-corrected chi connectivity index (χ2v) is 10.4. The van der Waals surface area contributed by atoms with E-state index in [2.05, 4.69) is 0 Å². The smallest absolute Gasteiger partial charge is 0.305 e. The Morgan fingerprint density at radius 3 is 2.05 bits per heavy atom. The molecule has 0 fully saturated rings. The first-order valence-electron chi connectivity index (χ1n) is 12.8. The van der Waals surface area contributed by atoms with E-state index in [0.717, 1.165) is 12.1 Å². The second-order valence-electron chi connectivity index (χ2n) is 10.4. The van der Waals surface area contributed by atoms with Gasteiger partial charge in [0.1, 0.15) is 46.7 Å². The van der Waals surface area contributed by atoms with Gasteiger partial charge in [0.25, 0.3) is 0 Å². The van der Waals surface area contributed by atoms with Crippen molar-refractivity contribution in [2.75, 3.05) is 0 Å². The van der Waals surface area contributed by atoms with Crippen LogP contribution in [-0.4, -0.2) is 47.0 Å². The summed E-state index contributed by atoms with van der Waals surface area (Å²) in [6, 6.07) is 11.8. The van der Waals surface area contributed by atoms with Gasteiger partial charge in [-0.05, 0) is 48.7 Å². The number of aliphatic hydroxyl groups excluding tert-OH is 1. The molecule has 0 aliphatic carbocycles. The van der Waals surface area contributed by atoms with Crippen LogP contribution in [0.5, 0.6) is 57.5 Å². The van der Waals surface area contributed by atoms with Crippen LogP contribution in [0.2, 0.25) is 0 Å². The lowest BCUT2D eigenvalue weighted by Gasteiger charge is -2.50. The topological polar surface area (TPSA) is 190 Å². The van der Waals surface area contributed by atoms with Crippen LogP contribution in [0.3, 0.4) is 0 Å². The molecule has 7 rings (SSSR count). The number of benzene rings is 4. The monoisotopic (exact) mass is 560 g/mol. The first-order valence-corrected chi connectivity index (χ1v) is 12.8. The van der Waals surface area contributed by atoms with E-state index in [1.54, 1.807) is 6.07 Å². The van der Waals surface area contributed by atoms with Crippen LogP contribution in [0.15, 0.2) is 54.6 Å². The summed E-state index contributed by atoms with van der Waals surface area (Å²) in [6.45, 7) is 0. The van der Waals surface area contributed by atoms with Gasteiger partial charge in [-0.1, -0.05) is 6.07 Å². The predicted molar refractivity (Wildman–Crippen MR) is 140 cm³/mol. The van der Waals surface area contributed by atoms with Gasteiger partial charge in [0.05, 0.1) is 5.92 Å². The zero-order valence-corrected chi connectivity index (χ0v) is 21.1. The van der Waals surface area contributed by atoms with E-state index in [9.17, 15) is 40.9 Å². The maximum Gasteiger partial charge on any atom is 0.305 e. The molecule has 0 saturated carbocycles. The SMILES string of the molecule is Oc1cc(O)c2c(c1)O[C@@]1(c3ccc(O)c(O)c3)Oc3cc(O)c4c(c3C2[C@H]1O)O[C@H](c1ccc(O)c(O)c1)CC4. The van der Waals surface area contributed by atoms with Crippen molar-refractivity contribution in [1.82, 2.24) is 0 Å². The summed E-state index contributed by atoms with van der Waals surface area (Å²) in [5, 5.41) is 84.1. The van der Waals surface area contributed by atoms with Crippen molar-refractivity contribution in [3.63, 3.8) is 0 Å². The molecule has 0 radical (unpaired) electrons. The van der Waals surface area contributed by atoms with Gasteiger partial charge in [0.15, 0.2) is 23.0 Å². The molecular formula is C30H24O11. The molecule has 41 heavy (non-hydrogen) atoms. The highest BCUT2D eigenvalue weighted by Crippen LogP contribution is 2.62. The Kier molecular flexibility index (Phi) is 5.10. The number of rotatable bonds is 2. The largest absolute Gasteiger partial charge is 0.508 e. The van der Waals surface area contributed by atoms with Crippen LogP contribution in [0.25, 0.3) is 0 Å². The predicted octanol–water partition coefficient (Wildman–Crippen LogP) is 3.82. The fraction of sp³-hybridized carbons (Fsp3) is 0.200. The molecule has 4 atom stereocenters. The van der Waals surface area contributed by atoms with Crippen molar-refractivity contribution in [3.8, 4) is 57.5 Å². The molecule has 4 aromatic carbocycles. The van der Waals surface area contributed by atoms with Crippen molar-refractivity contribution < 1.29 is 55.1 Å². The first kappa shape index (κ1) is 24.9. The fourth-order valence-corrected chi connectivity index (χ4v) is 6.06. The van der Waals surface area contributed by atoms with Gasteiger partial charge in [-0.2, -0.15) is 0 Å². The van der Waals surface area contributed by atoms with Gasteiger partial charge >= 0.3 is 5.79 Å². The highest BCUT2D eigenvalue weighted by Gasteiger charge is 2.60. The summed E-state index contributed by atoms with van der Waals surface area (Å²) in [6.07, 6.45) is -1.39. The highest BCUT2D eigenvalue weighted by molar-refractivity contribution is 5.68. The molecule has 11 nitrogen and oxygen atoms in total. The highest BCUT2D eigenvalue weighted by atomic mass is 16.7. The molecule has 3 aliphatic rings. The van der Waals surface area contributed by atoms with E-state index in [1.165, 1.54) is 36.4 Å². The molecule has 210 valence electrons. The molecule has 11 heteroatoms. The normalized spacial score (nSPS) is 23.7. The lowest BCUT2D eigenvalue weighted by molar-refractivity contribution is -0.219. The zero-order valence-electron chi connectivity index (χ0n) is 21.1. The fourth-order valence-electron chi connectivity index (χ4n) is 6.06. The van der Waals surface area contributed by atoms with E-state index in [4.69, 9.17) is 14.2 Å². The quantitative estimate of drug-likeness (QED) is 0.166. The van der Waals surface area contributed by atoms with Crippen molar-refractivity contribution in [2.24, 2.45) is 0 Å². The molecule has 3 heterocycles. The molecule has 8 N–H and O–H groups in total. The van der Waals surface area contributed by atoms with Gasteiger partial charge in [-0.25, -0.2) is 0 Å². The van der Waals surface area contributed by atoms with Gasteiger partial charge in [-0.15, -0.1) is 0 Å². The minimum absolute atomic E-state index is 0.00587. The molecule has 3 aliphatic heterocycles. The number of ether oxygens (including phenoxy) is 3. The number of aliphatic hydroxyl groups is 1. The minimum Gasteiger partial charge on any atom is -0.508 e. The van der Waals surface area contributed by atoms with Crippen LogP contribution >= 0.6 is 0 Å². The second kappa shape index (κ2) is 8.42. The van der Waals surface area contributed by atoms with E-state index >= 15 is 0 Å². The van der Waals surface area contributed by atoms with Crippen LogP contribution in [0, 0.1) is 0 Å². The van der Waals surface area contributed by atoms with E-state index in [0.29, 0.717) is 29.5 Å². The van der Waals surface area contributed by atoms with Crippen molar-refractivity contribution in [2.45, 2.75) is 36.8 Å². The van der Waals surface area contributed by atoms with E-state index < -0.39 is 35.4 Å². The third-order valence-corrected chi connectivity index (χ3v) is 7.98. The average Bonchev–Trinajstić information content (AvgIpc) is 2.92. The molecular weight excluding hydrogens is 536 g/mol. The minimum atomic E-state index is -2.03. The van der Waals surface area contributed by atoms with E-state index in [1.807, 2.05) is 0 Å². The third-order valence-electron chi connectivity index (χ3n) is 7.98. The molecule has 2 bridgehead atoms. The third kappa shape index (κ3) is 3.48. The lowest BCUT2D eigenvalue weighted by atomic mass is 9.74. The van der Waals surface area contributed by atoms with Crippen LogP contribution in [-0.2, 0) is 12.2 Å². The molecule has 0 aromatic heterocycles. The summed E-state index contributed by atoms with van der Waals surface area (Å²) in [4.78, 5) is 0. The summed E-state index contributed by atoms with van der Waals surface area (Å²) < 4.78 is 18.8. The summed E-state index contributed by atoms with van der Waals surface area (Å²) >= 11 is 0. The van der Waals surface area contributed by atoms with Gasteiger partial charge in [0.2, 0.25) is 0 Å². The van der Waals surface area contributed by atoms with Crippen LogP contribution < -0.4 is 14.2 Å². The Labute approximate surface area is 231 Å². The van der Waals surface area contributed by atoms with Crippen molar-refractivity contribution in [3.05, 3.63) is 82.4 Å². The number of phenolic OH excluding ortho intramolecular Hbond substituents is 7. The standard InChI is InChI=1S/C30H24O11/c31-14-9-21(37)25-23(10-14)40-30(13-2-5-17(33)20(36)8-13)29(38)27(25)26-24(41-30)11-18(34)15-3-6-22(39-28(15)26)12-1-4-16(32)19(35)7-12/h1-2,4-5,7-11,22,27,29,31-38H,3,6H2/t22-,27?,29+,30-/m0/s1.